The molecule has 4 aromatic rings. The molecule has 1 aromatic heterocycles. The van der Waals surface area contributed by atoms with Crippen molar-refractivity contribution in [1.29, 1.82) is 0 Å². The second kappa shape index (κ2) is 11.3. The second-order valence-electron chi connectivity index (χ2n) is 8.90. The van der Waals surface area contributed by atoms with Crippen LogP contribution in [0.2, 0.25) is 0 Å². The van der Waals surface area contributed by atoms with Gasteiger partial charge in [-0.05, 0) is 60.5 Å². The normalized spacial score (nSPS) is 15.3. The first-order chi connectivity index (χ1) is 18.8. The summed E-state index contributed by atoms with van der Waals surface area (Å²) in [7, 11) is -3.89. The lowest BCUT2D eigenvalue weighted by Crippen LogP contribution is -2.27. The Hall–Kier alpha value is -4.22. The average molecular weight is 560 g/mol. The molecule has 198 valence electrons. The first kappa shape index (κ1) is 26.4. The molecule has 2 N–H and O–H groups in total. The number of sulfonamides is 1. The first-order valence-corrected chi connectivity index (χ1v) is 14.6. The van der Waals surface area contributed by atoms with Crippen molar-refractivity contribution in [3.8, 4) is 0 Å². The molecule has 0 spiro atoms. The molecule has 39 heavy (non-hydrogen) atoms. The van der Waals surface area contributed by atoms with Crippen LogP contribution in [-0.4, -0.2) is 40.9 Å². The highest BCUT2D eigenvalue weighted by Gasteiger charge is 2.32. The Balaban J connectivity index is 1.23. The average Bonchev–Trinajstić information content (AvgIpc) is 3.29. The quantitative estimate of drug-likeness (QED) is 0.323. The molecule has 1 aliphatic heterocycles. The van der Waals surface area contributed by atoms with Gasteiger partial charge in [0.05, 0.1) is 10.6 Å². The number of rotatable bonds is 8. The predicted molar refractivity (Wildman–Crippen MR) is 151 cm³/mol. The number of anilines is 2. The van der Waals surface area contributed by atoms with Gasteiger partial charge >= 0.3 is 0 Å². The van der Waals surface area contributed by atoms with Gasteiger partial charge in [-0.15, -0.1) is 11.8 Å². The van der Waals surface area contributed by atoms with E-state index < -0.39 is 10.0 Å². The number of thioether (sulfide) groups is 1. The number of hydrogen-bond donors (Lipinski definition) is 2. The zero-order chi connectivity index (χ0) is 27.4. The molecule has 1 aliphatic rings. The Kier molecular flexibility index (Phi) is 7.62. The van der Waals surface area contributed by atoms with Crippen LogP contribution in [0.15, 0.2) is 96.0 Å². The molecule has 1 saturated heterocycles. The van der Waals surface area contributed by atoms with Crippen LogP contribution < -0.4 is 10.0 Å². The van der Waals surface area contributed by atoms with Gasteiger partial charge < -0.3 is 10.2 Å². The summed E-state index contributed by atoms with van der Waals surface area (Å²) in [6.45, 7) is 2.26. The molecule has 3 aromatic carbocycles. The Labute approximate surface area is 230 Å². The molecule has 1 fully saturated rings. The van der Waals surface area contributed by atoms with E-state index in [-0.39, 0.29) is 28.0 Å². The molecule has 0 aliphatic carbocycles. The third kappa shape index (κ3) is 6.27. The fraction of sp³-hybridized carbons (Fsp3) is 0.143. The molecule has 0 radical (unpaired) electrons. The molecule has 0 bridgehead atoms. The summed E-state index contributed by atoms with van der Waals surface area (Å²) >= 11 is 1.57. The zero-order valence-electron chi connectivity index (χ0n) is 20.9. The number of nitrogens with zero attached hydrogens (tertiary/aromatic N) is 3. The number of aromatic nitrogens is 2. The highest BCUT2D eigenvalue weighted by molar-refractivity contribution is 8.00. The molecule has 0 unspecified atom stereocenters. The molecule has 9 nitrogen and oxygen atoms in total. The maximum absolute atomic E-state index is 12.8. The number of nitrogens with one attached hydrogen (secondary N) is 2. The SMILES string of the molecule is Cc1ccnc(NS(=O)(=O)c2ccc(NC(=O)c3ccc([C@H]4SCC(=O)N4Cc4ccccc4)cc3)cc2)n1. The van der Waals surface area contributed by atoms with Crippen LogP contribution in [0.5, 0.6) is 0 Å². The third-order valence-electron chi connectivity index (χ3n) is 6.06. The van der Waals surface area contributed by atoms with E-state index in [1.54, 1.807) is 36.9 Å². The Morgan fingerprint density at radius 3 is 2.41 bits per heavy atom. The molecular formula is C28H25N5O4S2. The standard InChI is InChI=1S/C28H25N5O4S2/c1-19-15-16-29-28(30-19)32-39(36,37)24-13-11-23(12-14-24)31-26(35)21-7-9-22(10-8-21)27-33(25(34)18-38-27)17-20-5-3-2-4-6-20/h2-16,27H,17-18H2,1H3,(H,31,35)(H,29,30,32)/t27-/m1/s1. The van der Waals surface area contributed by atoms with E-state index in [0.717, 1.165) is 11.1 Å². The van der Waals surface area contributed by atoms with Crippen molar-refractivity contribution in [2.45, 2.75) is 23.7 Å². The van der Waals surface area contributed by atoms with Gasteiger partial charge in [-0.1, -0.05) is 42.5 Å². The number of hydrogen-bond acceptors (Lipinski definition) is 7. The summed E-state index contributed by atoms with van der Waals surface area (Å²) in [5.74, 6) is 0.153. The van der Waals surface area contributed by atoms with Gasteiger partial charge in [-0.2, -0.15) is 0 Å². The smallest absolute Gasteiger partial charge is 0.264 e. The van der Waals surface area contributed by atoms with Crippen LogP contribution in [0.1, 0.15) is 32.6 Å². The van der Waals surface area contributed by atoms with E-state index in [0.29, 0.717) is 29.2 Å². The molecule has 2 heterocycles. The minimum Gasteiger partial charge on any atom is -0.322 e. The summed E-state index contributed by atoms with van der Waals surface area (Å²) < 4.78 is 27.6. The summed E-state index contributed by atoms with van der Waals surface area (Å²) in [6, 6.07) is 24.5. The summed E-state index contributed by atoms with van der Waals surface area (Å²) in [4.78, 5) is 35.2. The molecule has 2 amide bonds. The molecule has 11 heteroatoms. The van der Waals surface area contributed by atoms with Gasteiger partial charge in [-0.3, -0.25) is 9.59 Å². The van der Waals surface area contributed by atoms with E-state index in [4.69, 9.17) is 0 Å². The van der Waals surface area contributed by atoms with Gasteiger partial charge in [0.15, 0.2) is 0 Å². The lowest BCUT2D eigenvalue weighted by Gasteiger charge is -2.24. The van der Waals surface area contributed by atoms with Crippen molar-refractivity contribution in [2.24, 2.45) is 0 Å². The van der Waals surface area contributed by atoms with Crippen LogP contribution in [-0.2, 0) is 21.4 Å². The van der Waals surface area contributed by atoms with Gasteiger partial charge in [0.1, 0.15) is 5.37 Å². The Morgan fingerprint density at radius 1 is 1.00 bits per heavy atom. The minimum atomic E-state index is -3.89. The van der Waals surface area contributed by atoms with Crippen molar-refractivity contribution in [1.82, 2.24) is 14.9 Å². The van der Waals surface area contributed by atoms with Crippen molar-refractivity contribution >= 4 is 45.2 Å². The van der Waals surface area contributed by atoms with Crippen molar-refractivity contribution < 1.29 is 18.0 Å². The number of benzene rings is 3. The van der Waals surface area contributed by atoms with Crippen molar-refractivity contribution in [3.05, 3.63) is 114 Å². The van der Waals surface area contributed by atoms with E-state index in [1.165, 1.54) is 30.5 Å². The Bertz CT molecular complexity index is 1600. The van der Waals surface area contributed by atoms with E-state index >= 15 is 0 Å². The lowest BCUT2D eigenvalue weighted by atomic mass is 10.1. The largest absolute Gasteiger partial charge is 0.322 e. The monoisotopic (exact) mass is 559 g/mol. The summed E-state index contributed by atoms with van der Waals surface area (Å²) in [6.07, 6.45) is 1.47. The van der Waals surface area contributed by atoms with E-state index in [2.05, 4.69) is 20.0 Å². The van der Waals surface area contributed by atoms with Crippen molar-refractivity contribution in [3.63, 3.8) is 0 Å². The van der Waals surface area contributed by atoms with Gasteiger partial charge in [-0.25, -0.2) is 23.1 Å². The maximum Gasteiger partial charge on any atom is 0.264 e. The summed E-state index contributed by atoms with van der Waals surface area (Å²) in [5.41, 5.74) is 3.53. The fourth-order valence-electron chi connectivity index (χ4n) is 4.08. The number of carbonyl (C=O) groups excluding carboxylic acids is 2. The number of aryl methyl sites for hydroxylation is 1. The second-order valence-corrected chi connectivity index (χ2v) is 11.6. The number of carbonyl (C=O) groups is 2. The highest BCUT2D eigenvalue weighted by atomic mass is 32.2. The molecule has 0 saturated carbocycles. The van der Waals surface area contributed by atoms with Crippen LogP contribution >= 0.6 is 11.8 Å². The predicted octanol–water partition coefficient (Wildman–Crippen LogP) is 4.61. The van der Waals surface area contributed by atoms with Gasteiger partial charge in [0.2, 0.25) is 11.9 Å². The third-order valence-corrected chi connectivity index (χ3v) is 8.66. The highest BCUT2D eigenvalue weighted by Crippen LogP contribution is 2.39. The van der Waals surface area contributed by atoms with E-state index in [9.17, 15) is 18.0 Å². The van der Waals surface area contributed by atoms with Gasteiger partial charge in [0.25, 0.3) is 15.9 Å². The van der Waals surface area contributed by atoms with E-state index in [1.807, 2.05) is 47.4 Å². The molecule has 5 rings (SSSR count). The number of amides is 2. The Morgan fingerprint density at radius 2 is 1.72 bits per heavy atom. The maximum atomic E-state index is 12.8. The van der Waals surface area contributed by atoms with Crippen LogP contribution in [0, 0.1) is 6.92 Å². The topological polar surface area (TPSA) is 121 Å². The first-order valence-electron chi connectivity index (χ1n) is 12.1. The molecule has 1 atom stereocenters. The van der Waals surface area contributed by atoms with Crippen molar-refractivity contribution in [2.75, 3.05) is 15.8 Å². The van der Waals surface area contributed by atoms with Gasteiger partial charge in [0, 0.05) is 29.7 Å². The molecular weight excluding hydrogens is 534 g/mol. The zero-order valence-corrected chi connectivity index (χ0v) is 22.6. The minimum absolute atomic E-state index is 0.0126. The lowest BCUT2D eigenvalue weighted by molar-refractivity contribution is -0.128. The summed E-state index contributed by atoms with van der Waals surface area (Å²) in [5, 5.41) is 2.66. The van der Waals surface area contributed by atoms with Crippen LogP contribution in [0.4, 0.5) is 11.6 Å². The van der Waals surface area contributed by atoms with Crippen LogP contribution in [0.25, 0.3) is 0 Å². The fourth-order valence-corrected chi connectivity index (χ4v) is 6.22. The van der Waals surface area contributed by atoms with Crippen LogP contribution in [0.3, 0.4) is 0 Å².